The van der Waals surface area contributed by atoms with Gasteiger partial charge in [0.1, 0.15) is 5.75 Å². The van der Waals surface area contributed by atoms with Crippen LogP contribution in [0.3, 0.4) is 0 Å². The van der Waals surface area contributed by atoms with E-state index in [-0.39, 0.29) is 12.4 Å². The molecule has 0 spiro atoms. The van der Waals surface area contributed by atoms with Crippen molar-refractivity contribution in [2.45, 2.75) is 13.5 Å². The predicted molar refractivity (Wildman–Crippen MR) is 87.5 cm³/mol. The molecule has 0 N–H and O–H groups in total. The molecule has 0 saturated heterocycles. The van der Waals surface area contributed by atoms with Crippen molar-refractivity contribution in [3.63, 3.8) is 0 Å². The van der Waals surface area contributed by atoms with Crippen molar-refractivity contribution in [1.82, 2.24) is 10.1 Å². The van der Waals surface area contributed by atoms with E-state index in [0.717, 1.165) is 5.56 Å². The number of thiophene rings is 1. The highest BCUT2D eigenvalue weighted by Crippen LogP contribution is 2.15. The number of carbonyl (C=O) groups is 1. The third-order valence-electron chi connectivity index (χ3n) is 3.05. The van der Waals surface area contributed by atoms with Crippen LogP contribution in [0.15, 0.2) is 51.7 Å². The Labute approximate surface area is 137 Å². The summed E-state index contributed by atoms with van der Waals surface area (Å²) >= 11 is 1.51. The average molecular weight is 326 g/mol. The van der Waals surface area contributed by atoms with Gasteiger partial charge in [0.25, 0.3) is 0 Å². The minimum atomic E-state index is -0.000877. The minimum absolute atomic E-state index is 0.000877. The van der Waals surface area contributed by atoms with Crippen LogP contribution in [0.4, 0.5) is 0 Å². The molecule has 0 fully saturated rings. The largest absolute Gasteiger partial charge is 0.485 e. The van der Waals surface area contributed by atoms with Crippen LogP contribution in [0.5, 0.6) is 5.75 Å². The van der Waals surface area contributed by atoms with E-state index in [1.165, 1.54) is 11.3 Å². The van der Waals surface area contributed by atoms with E-state index < -0.39 is 0 Å². The SMILES string of the molecule is Cc1nc(COc2ccc(/C=C/C(=O)c3ccsc3)cc2)no1. The van der Waals surface area contributed by atoms with Crippen molar-refractivity contribution in [1.29, 1.82) is 0 Å². The first-order valence-corrected chi connectivity index (χ1v) is 7.91. The molecule has 3 rings (SSSR count). The van der Waals surface area contributed by atoms with E-state index >= 15 is 0 Å². The van der Waals surface area contributed by atoms with E-state index in [9.17, 15) is 4.79 Å². The second-order valence-electron chi connectivity index (χ2n) is 4.80. The van der Waals surface area contributed by atoms with Crippen LogP contribution in [0.1, 0.15) is 27.6 Å². The Bertz CT molecular complexity index is 805. The van der Waals surface area contributed by atoms with Crippen LogP contribution in [-0.4, -0.2) is 15.9 Å². The second-order valence-corrected chi connectivity index (χ2v) is 5.58. The van der Waals surface area contributed by atoms with Crippen LogP contribution < -0.4 is 4.74 Å². The van der Waals surface area contributed by atoms with Crippen molar-refractivity contribution < 1.29 is 14.1 Å². The fourth-order valence-electron chi connectivity index (χ4n) is 1.90. The molecule has 0 saturated carbocycles. The third-order valence-corrected chi connectivity index (χ3v) is 3.73. The molecule has 0 atom stereocenters. The zero-order chi connectivity index (χ0) is 16.1. The third kappa shape index (κ3) is 4.14. The van der Waals surface area contributed by atoms with Gasteiger partial charge in [-0.2, -0.15) is 16.3 Å². The zero-order valence-electron chi connectivity index (χ0n) is 12.4. The summed E-state index contributed by atoms with van der Waals surface area (Å²) in [7, 11) is 0. The lowest BCUT2D eigenvalue weighted by molar-refractivity contribution is 0.104. The normalized spacial score (nSPS) is 11.0. The lowest BCUT2D eigenvalue weighted by atomic mass is 10.1. The fraction of sp³-hybridized carbons (Fsp3) is 0.118. The van der Waals surface area contributed by atoms with Crippen LogP contribution >= 0.6 is 11.3 Å². The molecular weight excluding hydrogens is 312 g/mol. The molecule has 0 amide bonds. The Hall–Kier alpha value is -2.73. The number of allylic oxidation sites excluding steroid dienone is 1. The molecule has 0 radical (unpaired) electrons. The number of ether oxygens (including phenoxy) is 1. The van der Waals surface area contributed by atoms with Crippen LogP contribution in [0.25, 0.3) is 6.08 Å². The highest BCUT2D eigenvalue weighted by molar-refractivity contribution is 7.08. The quantitative estimate of drug-likeness (QED) is 0.507. The lowest BCUT2D eigenvalue weighted by Crippen LogP contribution is -1.97. The average Bonchev–Trinajstić information content (AvgIpc) is 3.23. The summed E-state index contributed by atoms with van der Waals surface area (Å²) in [5.41, 5.74) is 1.64. The molecule has 1 aromatic carbocycles. The maximum absolute atomic E-state index is 11.9. The van der Waals surface area contributed by atoms with Crippen LogP contribution in [-0.2, 0) is 6.61 Å². The summed E-state index contributed by atoms with van der Waals surface area (Å²) < 4.78 is 10.4. The molecule has 0 aliphatic rings. The smallest absolute Gasteiger partial charge is 0.223 e. The Morgan fingerprint density at radius 2 is 2.13 bits per heavy atom. The van der Waals surface area contributed by atoms with E-state index in [4.69, 9.17) is 9.26 Å². The van der Waals surface area contributed by atoms with E-state index in [2.05, 4.69) is 10.1 Å². The number of nitrogens with zero attached hydrogens (tertiary/aromatic N) is 2. The number of aryl methyl sites for hydroxylation is 1. The van der Waals surface area contributed by atoms with Gasteiger partial charge in [-0.1, -0.05) is 23.4 Å². The van der Waals surface area contributed by atoms with Gasteiger partial charge in [0.05, 0.1) is 0 Å². The molecule has 0 aliphatic carbocycles. The number of benzene rings is 1. The highest BCUT2D eigenvalue weighted by Gasteiger charge is 2.03. The lowest BCUT2D eigenvalue weighted by Gasteiger charge is -2.03. The molecule has 5 nitrogen and oxygen atoms in total. The summed E-state index contributed by atoms with van der Waals surface area (Å²) in [5.74, 6) is 1.72. The van der Waals surface area contributed by atoms with Crippen LogP contribution in [0.2, 0.25) is 0 Å². The summed E-state index contributed by atoms with van der Waals surface area (Å²) in [6.07, 6.45) is 3.35. The first-order valence-electron chi connectivity index (χ1n) is 6.97. The number of rotatable bonds is 6. The number of ketones is 1. The maximum atomic E-state index is 11.9. The summed E-state index contributed by atoms with van der Waals surface area (Å²) in [6.45, 7) is 1.98. The van der Waals surface area contributed by atoms with Gasteiger partial charge in [0.15, 0.2) is 12.4 Å². The van der Waals surface area contributed by atoms with E-state index in [0.29, 0.717) is 23.0 Å². The molecule has 3 aromatic rings. The van der Waals surface area contributed by atoms with Crippen molar-refractivity contribution in [2.24, 2.45) is 0 Å². The minimum Gasteiger partial charge on any atom is -0.485 e. The molecule has 116 valence electrons. The van der Waals surface area contributed by atoms with Crippen molar-refractivity contribution in [3.8, 4) is 5.75 Å². The number of aromatic nitrogens is 2. The summed E-state index contributed by atoms with van der Waals surface area (Å²) in [4.78, 5) is 15.9. The maximum Gasteiger partial charge on any atom is 0.223 e. The van der Waals surface area contributed by atoms with Gasteiger partial charge in [0.2, 0.25) is 11.7 Å². The predicted octanol–water partition coefficient (Wildman–Crippen LogP) is 3.91. The Kier molecular flexibility index (Phi) is 4.63. The van der Waals surface area contributed by atoms with Gasteiger partial charge in [-0.05, 0) is 35.2 Å². The zero-order valence-corrected chi connectivity index (χ0v) is 13.2. The first-order chi connectivity index (χ1) is 11.2. The van der Waals surface area contributed by atoms with Gasteiger partial charge in [-0.15, -0.1) is 0 Å². The van der Waals surface area contributed by atoms with E-state index in [1.54, 1.807) is 19.1 Å². The van der Waals surface area contributed by atoms with E-state index in [1.807, 2.05) is 41.1 Å². The van der Waals surface area contributed by atoms with Gasteiger partial charge < -0.3 is 9.26 Å². The van der Waals surface area contributed by atoms with Crippen LogP contribution in [0, 0.1) is 6.92 Å². The molecule has 23 heavy (non-hydrogen) atoms. The Morgan fingerprint density at radius 3 is 2.78 bits per heavy atom. The Balaban J connectivity index is 1.57. The first kappa shape index (κ1) is 15.2. The highest BCUT2D eigenvalue weighted by atomic mass is 32.1. The molecule has 0 bridgehead atoms. The number of hydrogen-bond acceptors (Lipinski definition) is 6. The summed E-state index contributed by atoms with van der Waals surface area (Å²) in [5, 5.41) is 7.49. The van der Waals surface area contributed by atoms with Crippen molar-refractivity contribution >= 4 is 23.2 Å². The number of hydrogen-bond donors (Lipinski definition) is 0. The standard InChI is InChI=1S/C17H14N2O3S/c1-12-18-17(19-22-12)10-21-15-5-2-13(3-6-15)4-7-16(20)14-8-9-23-11-14/h2-9,11H,10H2,1H3/b7-4+. The molecule has 2 aromatic heterocycles. The summed E-state index contributed by atoms with van der Waals surface area (Å²) in [6, 6.07) is 9.25. The van der Waals surface area contributed by atoms with Crippen molar-refractivity contribution in [3.05, 3.63) is 70.0 Å². The van der Waals surface area contributed by atoms with Gasteiger partial charge in [-0.25, -0.2) is 0 Å². The molecular formula is C17H14N2O3S. The molecule has 6 heteroatoms. The van der Waals surface area contributed by atoms with Gasteiger partial charge in [-0.3, -0.25) is 4.79 Å². The fourth-order valence-corrected chi connectivity index (χ4v) is 2.54. The Morgan fingerprint density at radius 1 is 1.30 bits per heavy atom. The second kappa shape index (κ2) is 7.02. The van der Waals surface area contributed by atoms with Gasteiger partial charge in [0, 0.05) is 17.9 Å². The molecule has 0 aliphatic heterocycles. The molecule has 2 heterocycles. The van der Waals surface area contributed by atoms with Crippen molar-refractivity contribution in [2.75, 3.05) is 0 Å². The molecule has 0 unspecified atom stereocenters. The van der Waals surface area contributed by atoms with Gasteiger partial charge >= 0.3 is 0 Å². The topological polar surface area (TPSA) is 65.2 Å². The number of carbonyl (C=O) groups excluding carboxylic acids is 1. The monoisotopic (exact) mass is 326 g/mol.